The van der Waals surface area contributed by atoms with Crippen molar-refractivity contribution >= 4 is 21.3 Å². The first-order chi connectivity index (χ1) is 12.0. The Morgan fingerprint density at radius 1 is 1.24 bits per heavy atom. The summed E-state index contributed by atoms with van der Waals surface area (Å²) in [6.45, 7) is 2.55. The number of aryl methyl sites for hydroxylation is 1. The first-order valence-corrected chi connectivity index (χ1v) is 10.2. The van der Waals surface area contributed by atoms with Crippen molar-refractivity contribution in [3.8, 4) is 11.3 Å². The summed E-state index contributed by atoms with van der Waals surface area (Å²) in [6.07, 6.45) is 0.716. The highest BCUT2D eigenvalue weighted by atomic mass is 32.2. The smallest absolute Gasteiger partial charge is 0.158 e. The molecule has 1 fully saturated rings. The Labute approximate surface area is 146 Å². The number of anilines is 1. The van der Waals surface area contributed by atoms with E-state index in [0.717, 1.165) is 28.4 Å². The molecule has 6 nitrogen and oxygen atoms in total. The third-order valence-corrected chi connectivity index (χ3v) is 6.35. The summed E-state index contributed by atoms with van der Waals surface area (Å²) >= 11 is 0. The highest BCUT2D eigenvalue weighted by molar-refractivity contribution is 7.91. The molecule has 1 saturated heterocycles. The van der Waals surface area contributed by atoms with Gasteiger partial charge in [0.25, 0.3) is 0 Å². The number of sulfone groups is 1. The lowest BCUT2D eigenvalue weighted by Gasteiger charge is -2.13. The Hall–Kier alpha value is -2.41. The van der Waals surface area contributed by atoms with E-state index in [0.29, 0.717) is 18.7 Å². The third-order valence-electron chi connectivity index (χ3n) is 4.52. The molecule has 25 heavy (non-hydrogen) atoms. The van der Waals surface area contributed by atoms with Gasteiger partial charge >= 0.3 is 0 Å². The van der Waals surface area contributed by atoms with E-state index in [-0.39, 0.29) is 11.7 Å². The minimum Gasteiger partial charge on any atom is -0.370 e. The van der Waals surface area contributed by atoms with Gasteiger partial charge in [0.2, 0.25) is 0 Å². The second kappa shape index (κ2) is 6.15. The van der Waals surface area contributed by atoms with Crippen LogP contribution in [0.2, 0.25) is 0 Å². The molecule has 2 aromatic heterocycles. The summed E-state index contributed by atoms with van der Waals surface area (Å²) < 4.78 is 25.1. The number of benzene rings is 1. The van der Waals surface area contributed by atoms with E-state index < -0.39 is 9.84 Å². The molecule has 0 aliphatic carbocycles. The minimum atomic E-state index is -2.86. The van der Waals surface area contributed by atoms with Gasteiger partial charge in [0.15, 0.2) is 15.5 Å². The van der Waals surface area contributed by atoms with Gasteiger partial charge in [-0.15, -0.1) is 0 Å². The van der Waals surface area contributed by atoms with E-state index in [4.69, 9.17) is 4.98 Å². The molecule has 4 rings (SSSR count). The summed E-state index contributed by atoms with van der Waals surface area (Å²) in [5.41, 5.74) is 3.58. The van der Waals surface area contributed by atoms with Gasteiger partial charge < -0.3 is 5.32 Å². The maximum atomic E-state index is 11.7. The molecule has 1 aliphatic rings. The van der Waals surface area contributed by atoms with Gasteiger partial charge in [0.1, 0.15) is 5.82 Å². The molecule has 1 atom stereocenters. The summed E-state index contributed by atoms with van der Waals surface area (Å²) in [5.74, 6) is 1.53. The molecule has 3 aromatic rings. The maximum Gasteiger partial charge on any atom is 0.158 e. The van der Waals surface area contributed by atoms with Crippen molar-refractivity contribution < 1.29 is 8.42 Å². The summed E-state index contributed by atoms with van der Waals surface area (Å²) in [5, 5.41) is 7.88. The number of rotatable bonds is 4. The van der Waals surface area contributed by atoms with Crippen LogP contribution in [0.25, 0.3) is 16.9 Å². The quantitative estimate of drug-likeness (QED) is 0.777. The van der Waals surface area contributed by atoms with Crippen LogP contribution in [-0.2, 0) is 9.84 Å². The van der Waals surface area contributed by atoms with Gasteiger partial charge in [-0.3, -0.25) is 0 Å². The normalized spacial score (nSPS) is 19.3. The fourth-order valence-corrected chi connectivity index (χ4v) is 5.12. The summed E-state index contributed by atoms with van der Waals surface area (Å²) in [4.78, 5) is 4.69. The first kappa shape index (κ1) is 16.1. The molecule has 3 heterocycles. The maximum absolute atomic E-state index is 11.7. The predicted octanol–water partition coefficient (Wildman–Crippen LogP) is 2.55. The van der Waals surface area contributed by atoms with Gasteiger partial charge in [-0.05, 0) is 19.3 Å². The van der Waals surface area contributed by atoms with Gasteiger partial charge in [-0.25, -0.2) is 13.4 Å². The SMILES string of the molecule is Cc1cc2nc(-c3ccccc3)cc(NC[C@@H]3CCS(=O)(=O)C3)n2n1. The first-order valence-electron chi connectivity index (χ1n) is 8.37. The zero-order chi connectivity index (χ0) is 17.4. The number of hydrogen-bond acceptors (Lipinski definition) is 5. The lowest BCUT2D eigenvalue weighted by molar-refractivity contribution is 0.595. The highest BCUT2D eigenvalue weighted by Crippen LogP contribution is 2.24. The van der Waals surface area contributed by atoms with Crippen LogP contribution in [0, 0.1) is 12.8 Å². The number of nitrogens with one attached hydrogen (secondary N) is 1. The van der Waals surface area contributed by atoms with Crippen molar-refractivity contribution in [2.24, 2.45) is 5.92 Å². The monoisotopic (exact) mass is 356 g/mol. The van der Waals surface area contributed by atoms with Gasteiger partial charge in [-0.2, -0.15) is 9.61 Å². The Balaban J connectivity index is 1.67. The molecule has 0 radical (unpaired) electrons. The Morgan fingerprint density at radius 3 is 2.76 bits per heavy atom. The van der Waals surface area contributed by atoms with E-state index in [1.54, 1.807) is 4.52 Å². The molecule has 0 unspecified atom stereocenters. The Kier molecular flexibility index (Phi) is 3.95. The topological polar surface area (TPSA) is 76.4 Å². The molecule has 0 amide bonds. The fraction of sp³-hybridized carbons (Fsp3) is 0.333. The standard InChI is InChI=1S/C18H20N4O2S/c1-13-9-18-20-16(15-5-3-2-4-6-15)10-17(22(18)21-13)19-11-14-7-8-25(23,24)12-14/h2-6,9-10,14,19H,7-8,11-12H2,1H3/t14-/m0/s1. The fourth-order valence-electron chi connectivity index (χ4n) is 3.25. The molecule has 0 bridgehead atoms. The Bertz CT molecular complexity index is 1010. The average molecular weight is 356 g/mol. The summed E-state index contributed by atoms with van der Waals surface area (Å²) in [6, 6.07) is 13.9. The predicted molar refractivity (Wildman–Crippen MR) is 98.4 cm³/mol. The largest absolute Gasteiger partial charge is 0.370 e. The number of hydrogen-bond donors (Lipinski definition) is 1. The van der Waals surface area contributed by atoms with E-state index in [1.807, 2.05) is 49.4 Å². The molecule has 1 N–H and O–H groups in total. The molecule has 7 heteroatoms. The van der Waals surface area contributed by atoms with Crippen LogP contribution in [-0.4, -0.2) is 41.1 Å². The highest BCUT2D eigenvalue weighted by Gasteiger charge is 2.27. The second-order valence-corrected chi connectivity index (χ2v) is 8.83. The van der Waals surface area contributed by atoms with E-state index in [9.17, 15) is 8.42 Å². The molecule has 1 aliphatic heterocycles. The lowest BCUT2D eigenvalue weighted by Crippen LogP contribution is -2.17. The summed E-state index contributed by atoms with van der Waals surface area (Å²) in [7, 11) is -2.86. The zero-order valence-electron chi connectivity index (χ0n) is 14.0. The van der Waals surface area contributed by atoms with E-state index in [2.05, 4.69) is 10.4 Å². The average Bonchev–Trinajstić information content (AvgIpc) is 3.14. The number of aromatic nitrogens is 3. The van der Waals surface area contributed by atoms with Crippen LogP contribution in [0.3, 0.4) is 0 Å². The van der Waals surface area contributed by atoms with Gasteiger partial charge in [0, 0.05) is 24.2 Å². The van der Waals surface area contributed by atoms with Gasteiger partial charge in [0.05, 0.1) is 22.9 Å². The molecular formula is C18H20N4O2S. The number of fused-ring (bicyclic) bond motifs is 1. The zero-order valence-corrected chi connectivity index (χ0v) is 14.8. The molecule has 1 aromatic carbocycles. The van der Waals surface area contributed by atoms with Crippen molar-refractivity contribution in [2.45, 2.75) is 13.3 Å². The third kappa shape index (κ3) is 3.37. The number of nitrogens with zero attached hydrogens (tertiary/aromatic N) is 3. The van der Waals surface area contributed by atoms with Crippen LogP contribution in [0.5, 0.6) is 0 Å². The van der Waals surface area contributed by atoms with E-state index in [1.165, 1.54) is 0 Å². The van der Waals surface area contributed by atoms with Crippen LogP contribution >= 0.6 is 0 Å². The minimum absolute atomic E-state index is 0.144. The van der Waals surface area contributed by atoms with Crippen LogP contribution in [0.15, 0.2) is 42.5 Å². The van der Waals surface area contributed by atoms with Crippen molar-refractivity contribution in [3.05, 3.63) is 48.2 Å². The molecular weight excluding hydrogens is 336 g/mol. The van der Waals surface area contributed by atoms with Crippen molar-refractivity contribution in [3.63, 3.8) is 0 Å². The van der Waals surface area contributed by atoms with Gasteiger partial charge in [-0.1, -0.05) is 30.3 Å². The van der Waals surface area contributed by atoms with Crippen molar-refractivity contribution in [1.29, 1.82) is 0 Å². The van der Waals surface area contributed by atoms with Crippen LogP contribution in [0.4, 0.5) is 5.82 Å². The molecule has 0 spiro atoms. The van der Waals surface area contributed by atoms with Crippen LogP contribution in [0.1, 0.15) is 12.1 Å². The second-order valence-electron chi connectivity index (χ2n) is 6.60. The molecule has 0 saturated carbocycles. The van der Waals surface area contributed by atoms with Crippen molar-refractivity contribution in [1.82, 2.24) is 14.6 Å². The van der Waals surface area contributed by atoms with E-state index >= 15 is 0 Å². The molecule has 130 valence electrons. The Morgan fingerprint density at radius 2 is 2.04 bits per heavy atom. The van der Waals surface area contributed by atoms with Crippen LogP contribution < -0.4 is 5.32 Å². The lowest BCUT2D eigenvalue weighted by atomic mass is 10.1. The van der Waals surface area contributed by atoms with Crippen molar-refractivity contribution in [2.75, 3.05) is 23.4 Å².